The number of aromatic amines is 1. The first kappa shape index (κ1) is 16.8. The zero-order valence-corrected chi connectivity index (χ0v) is 12.8. The van der Waals surface area contributed by atoms with Gasteiger partial charge in [0, 0.05) is 18.7 Å². The Morgan fingerprint density at radius 3 is 2.68 bits per heavy atom. The third kappa shape index (κ3) is 3.71. The zero-order valence-electron chi connectivity index (χ0n) is 12.8. The maximum atomic E-state index is 13.2. The van der Waals surface area contributed by atoms with Crippen LogP contribution in [0.5, 0.6) is 0 Å². The van der Waals surface area contributed by atoms with Crippen LogP contribution in [0.1, 0.15) is 17.0 Å². The van der Waals surface area contributed by atoms with Gasteiger partial charge in [-0.05, 0) is 36.4 Å². The van der Waals surface area contributed by atoms with Gasteiger partial charge in [0.15, 0.2) is 0 Å². The second kappa shape index (κ2) is 6.43. The molecule has 2 aromatic carbocycles. The fraction of sp³-hybridized carbons (Fsp3) is 0.176. The monoisotopic (exact) mass is 348 g/mol. The lowest BCUT2D eigenvalue weighted by molar-refractivity contribution is -0.136. The maximum absolute atomic E-state index is 13.2. The van der Waals surface area contributed by atoms with Crippen molar-refractivity contribution in [1.29, 1.82) is 5.26 Å². The number of rotatable bonds is 4. The summed E-state index contributed by atoms with van der Waals surface area (Å²) >= 11 is 0. The molecule has 1 heterocycles. The van der Waals surface area contributed by atoms with Gasteiger partial charge in [0.1, 0.15) is 11.6 Å². The first-order valence-corrected chi connectivity index (χ1v) is 7.36. The maximum Gasteiger partial charge on any atom is 0.418 e. The molecular formula is C17H12F4N4. The normalized spacial score (nSPS) is 11.5. The molecule has 3 rings (SSSR count). The van der Waals surface area contributed by atoms with Crippen molar-refractivity contribution in [1.82, 2.24) is 9.97 Å². The Labute approximate surface area is 140 Å². The number of aromatic nitrogens is 2. The van der Waals surface area contributed by atoms with Crippen LogP contribution in [0.25, 0.3) is 11.0 Å². The molecule has 25 heavy (non-hydrogen) atoms. The van der Waals surface area contributed by atoms with Crippen molar-refractivity contribution in [2.24, 2.45) is 0 Å². The van der Waals surface area contributed by atoms with Crippen LogP contribution < -0.4 is 5.32 Å². The SMILES string of the molecule is N#Cc1ccc(C(F)(F)F)c(NCCc2nc3ccc(F)cc3[nH]2)c1. The van der Waals surface area contributed by atoms with E-state index in [2.05, 4.69) is 15.3 Å². The second-order valence-corrected chi connectivity index (χ2v) is 5.39. The van der Waals surface area contributed by atoms with Crippen molar-refractivity contribution in [3.05, 3.63) is 59.2 Å². The highest BCUT2D eigenvalue weighted by Gasteiger charge is 2.33. The van der Waals surface area contributed by atoms with Crippen LogP contribution in [-0.4, -0.2) is 16.5 Å². The van der Waals surface area contributed by atoms with Gasteiger partial charge in [-0.25, -0.2) is 9.37 Å². The summed E-state index contributed by atoms with van der Waals surface area (Å²) in [6, 6.07) is 9.10. The highest BCUT2D eigenvalue weighted by atomic mass is 19.4. The predicted octanol–water partition coefficient (Wildman–Crippen LogP) is 4.25. The average molecular weight is 348 g/mol. The summed E-state index contributed by atoms with van der Waals surface area (Å²) in [5.74, 6) is 0.127. The van der Waals surface area contributed by atoms with E-state index in [1.165, 1.54) is 18.2 Å². The van der Waals surface area contributed by atoms with Gasteiger partial charge < -0.3 is 10.3 Å². The van der Waals surface area contributed by atoms with Crippen LogP contribution >= 0.6 is 0 Å². The van der Waals surface area contributed by atoms with Gasteiger partial charge in [0.25, 0.3) is 0 Å². The van der Waals surface area contributed by atoms with E-state index in [0.717, 1.165) is 18.2 Å². The number of nitrogens with one attached hydrogen (secondary N) is 2. The van der Waals surface area contributed by atoms with E-state index >= 15 is 0 Å². The molecule has 3 aromatic rings. The molecule has 4 nitrogen and oxygen atoms in total. The number of imidazole rings is 1. The van der Waals surface area contributed by atoms with Gasteiger partial charge in [0.2, 0.25) is 0 Å². The molecule has 0 saturated heterocycles. The first-order chi connectivity index (χ1) is 11.9. The summed E-state index contributed by atoms with van der Waals surface area (Å²) in [5, 5.41) is 11.6. The van der Waals surface area contributed by atoms with Gasteiger partial charge in [-0.2, -0.15) is 18.4 Å². The van der Waals surface area contributed by atoms with E-state index in [-0.39, 0.29) is 17.8 Å². The van der Waals surface area contributed by atoms with E-state index in [9.17, 15) is 17.6 Å². The number of H-pyrrole nitrogens is 1. The van der Waals surface area contributed by atoms with Gasteiger partial charge in [-0.1, -0.05) is 0 Å². The first-order valence-electron chi connectivity index (χ1n) is 7.36. The van der Waals surface area contributed by atoms with Crippen molar-refractivity contribution >= 4 is 16.7 Å². The topological polar surface area (TPSA) is 64.5 Å². The van der Waals surface area contributed by atoms with Crippen LogP contribution in [0.3, 0.4) is 0 Å². The minimum absolute atomic E-state index is 0.134. The smallest absolute Gasteiger partial charge is 0.384 e. The number of halogens is 4. The zero-order chi connectivity index (χ0) is 18.0. The number of nitriles is 1. The predicted molar refractivity (Wildman–Crippen MR) is 84.4 cm³/mol. The molecule has 0 aliphatic rings. The second-order valence-electron chi connectivity index (χ2n) is 5.39. The Balaban J connectivity index is 1.75. The molecule has 0 aliphatic heterocycles. The molecule has 0 unspecified atom stereocenters. The molecule has 0 bridgehead atoms. The van der Waals surface area contributed by atoms with Gasteiger partial charge in [0.05, 0.1) is 28.2 Å². The van der Waals surface area contributed by atoms with E-state index in [1.807, 2.05) is 6.07 Å². The number of alkyl halides is 3. The molecule has 0 spiro atoms. The van der Waals surface area contributed by atoms with Crippen LogP contribution in [0.15, 0.2) is 36.4 Å². The minimum atomic E-state index is -4.52. The average Bonchev–Trinajstić information content (AvgIpc) is 2.95. The Hall–Kier alpha value is -3.08. The van der Waals surface area contributed by atoms with Crippen LogP contribution in [0.2, 0.25) is 0 Å². The third-order valence-electron chi connectivity index (χ3n) is 3.62. The van der Waals surface area contributed by atoms with Gasteiger partial charge >= 0.3 is 6.18 Å². The number of anilines is 1. The molecule has 1 aromatic heterocycles. The molecule has 2 N–H and O–H groups in total. The van der Waals surface area contributed by atoms with Crippen molar-refractivity contribution in [2.75, 3.05) is 11.9 Å². The lowest BCUT2D eigenvalue weighted by Crippen LogP contribution is -2.13. The number of nitrogens with zero attached hydrogens (tertiary/aromatic N) is 2. The standard InChI is InChI=1S/C17H12F4N4/c18-11-2-4-13-15(8-11)25-16(24-13)5-6-23-14-7-10(9-22)1-3-12(14)17(19,20)21/h1-4,7-8,23H,5-6H2,(H,24,25). The summed E-state index contributed by atoms with van der Waals surface area (Å²) < 4.78 is 52.3. The fourth-order valence-corrected chi connectivity index (χ4v) is 2.48. The summed E-state index contributed by atoms with van der Waals surface area (Å²) in [5.41, 5.74) is 0.248. The van der Waals surface area contributed by atoms with E-state index < -0.39 is 17.6 Å². The Morgan fingerprint density at radius 1 is 1.16 bits per heavy atom. The minimum Gasteiger partial charge on any atom is -0.384 e. The molecule has 0 fully saturated rings. The van der Waals surface area contributed by atoms with E-state index in [4.69, 9.17) is 5.26 Å². The lowest BCUT2D eigenvalue weighted by Gasteiger charge is -2.14. The van der Waals surface area contributed by atoms with Crippen molar-refractivity contribution < 1.29 is 17.6 Å². The van der Waals surface area contributed by atoms with Crippen molar-refractivity contribution in [3.8, 4) is 6.07 Å². The summed E-state index contributed by atoms with van der Waals surface area (Å²) in [4.78, 5) is 7.18. The Bertz CT molecular complexity index is 953. The van der Waals surface area contributed by atoms with E-state index in [0.29, 0.717) is 23.3 Å². The molecule has 0 radical (unpaired) electrons. The molecule has 8 heteroatoms. The highest BCUT2D eigenvalue weighted by Crippen LogP contribution is 2.35. The summed E-state index contributed by atoms with van der Waals surface area (Å²) in [6.07, 6.45) is -4.21. The molecule has 0 atom stereocenters. The number of fused-ring (bicyclic) bond motifs is 1. The van der Waals surface area contributed by atoms with E-state index in [1.54, 1.807) is 0 Å². The lowest BCUT2D eigenvalue weighted by atomic mass is 10.1. The van der Waals surface area contributed by atoms with Gasteiger partial charge in [-0.15, -0.1) is 0 Å². The molecule has 128 valence electrons. The molecular weight excluding hydrogens is 336 g/mol. The van der Waals surface area contributed by atoms with Crippen LogP contribution in [0.4, 0.5) is 23.2 Å². The van der Waals surface area contributed by atoms with Crippen LogP contribution in [0, 0.1) is 17.1 Å². The fourth-order valence-electron chi connectivity index (χ4n) is 2.48. The number of hydrogen-bond acceptors (Lipinski definition) is 3. The highest BCUT2D eigenvalue weighted by molar-refractivity contribution is 5.74. The summed E-state index contributed by atoms with van der Waals surface area (Å²) in [7, 11) is 0. The van der Waals surface area contributed by atoms with Crippen LogP contribution in [-0.2, 0) is 12.6 Å². The molecule has 0 aliphatic carbocycles. The Morgan fingerprint density at radius 2 is 1.96 bits per heavy atom. The number of benzene rings is 2. The molecule has 0 saturated carbocycles. The Kier molecular flexibility index (Phi) is 4.31. The van der Waals surface area contributed by atoms with Gasteiger partial charge in [-0.3, -0.25) is 0 Å². The third-order valence-corrected chi connectivity index (χ3v) is 3.62. The van der Waals surface area contributed by atoms with Crippen molar-refractivity contribution in [3.63, 3.8) is 0 Å². The number of hydrogen-bond donors (Lipinski definition) is 2. The molecule has 0 amide bonds. The quantitative estimate of drug-likeness (QED) is 0.693. The largest absolute Gasteiger partial charge is 0.418 e. The van der Waals surface area contributed by atoms with Crippen molar-refractivity contribution in [2.45, 2.75) is 12.6 Å². The summed E-state index contributed by atoms with van der Waals surface area (Å²) in [6.45, 7) is 0.167.